The van der Waals surface area contributed by atoms with E-state index in [-0.39, 0.29) is 12.4 Å². The number of rotatable bonds is 5. The second kappa shape index (κ2) is 8.85. The standard InChI is InChI=1S/C26H32F2O/c1-3-5-12-29-26-24(27)16-22-15-21(10-11-23(22)25(26)28)20-9-8-18-13-17(4-2)6-7-19(18)14-20/h3,5,10-11,15-20H,4,6-9,12-14H2,1-2H3/b5-3+. The molecule has 1 nitrogen and oxygen atoms in total. The van der Waals surface area contributed by atoms with Gasteiger partial charge in [-0.15, -0.1) is 0 Å². The van der Waals surface area contributed by atoms with Crippen LogP contribution in [0.2, 0.25) is 0 Å². The van der Waals surface area contributed by atoms with Crippen LogP contribution in [0, 0.1) is 29.4 Å². The van der Waals surface area contributed by atoms with Crippen molar-refractivity contribution in [2.45, 2.75) is 64.7 Å². The molecule has 0 aromatic heterocycles. The Bertz CT molecular complexity index is 888. The van der Waals surface area contributed by atoms with Crippen molar-refractivity contribution in [2.75, 3.05) is 6.61 Å². The van der Waals surface area contributed by atoms with Gasteiger partial charge in [-0.1, -0.05) is 50.1 Å². The van der Waals surface area contributed by atoms with E-state index in [0.29, 0.717) is 16.7 Å². The predicted octanol–water partition coefficient (Wildman–Crippen LogP) is 7.78. The Hall–Kier alpha value is -1.90. The molecule has 0 N–H and O–H groups in total. The summed E-state index contributed by atoms with van der Waals surface area (Å²) in [5.74, 6) is 1.63. The average Bonchev–Trinajstić information content (AvgIpc) is 2.75. The van der Waals surface area contributed by atoms with Crippen molar-refractivity contribution in [1.82, 2.24) is 0 Å². The molecule has 0 aliphatic heterocycles. The molecule has 4 rings (SSSR count). The summed E-state index contributed by atoms with van der Waals surface area (Å²) in [5, 5.41) is 1.07. The molecule has 3 heteroatoms. The van der Waals surface area contributed by atoms with Crippen LogP contribution in [0.3, 0.4) is 0 Å². The zero-order chi connectivity index (χ0) is 20.4. The highest BCUT2D eigenvalue weighted by Gasteiger charge is 2.35. The number of halogens is 2. The van der Waals surface area contributed by atoms with Crippen molar-refractivity contribution in [3.63, 3.8) is 0 Å². The lowest BCUT2D eigenvalue weighted by Crippen LogP contribution is -2.30. The van der Waals surface area contributed by atoms with Crippen LogP contribution in [-0.2, 0) is 0 Å². The maximum atomic E-state index is 14.8. The summed E-state index contributed by atoms with van der Waals surface area (Å²) in [6, 6.07) is 7.27. The van der Waals surface area contributed by atoms with Gasteiger partial charge in [0.2, 0.25) is 0 Å². The number of hydrogen-bond acceptors (Lipinski definition) is 1. The minimum atomic E-state index is -0.627. The van der Waals surface area contributed by atoms with Crippen LogP contribution >= 0.6 is 0 Å². The van der Waals surface area contributed by atoms with Crippen LogP contribution in [0.25, 0.3) is 10.8 Å². The molecule has 0 amide bonds. The first-order chi connectivity index (χ1) is 14.1. The Labute approximate surface area is 173 Å². The van der Waals surface area contributed by atoms with Gasteiger partial charge in [-0.3, -0.25) is 0 Å². The maximum Gasteiger partial charge on any atom is 0.191 e. The molecule has 29 heavy (non-hydrogen) atoms. The Morgan fingerprint density at radius 3 is 2.62 bits per heavy atom. The Kier molecular flexibility index (Phi) is 6.22. The largest absolute Gasteiger partial charge is 0.483 e. The number of fused-ring (bicyclic) bond motifs is 2. The number of benzene rings is 2. The number of ether oxygens (including phenoxy) is 1. The molecule has 0 saturated heterocycles. The molecule has 2 aromatic carbocycles. The molecule has 156 valence electrons. The van der Waals surface area contributed by atoms with Crippen molar-refractivity contribution < 1.29 is 13.5 Å². The van der Waals surface area contributed by atoms with E-state index in [0.717, 1.165) is 17.8 Å². The molecule has 4 unspecified atom stereocenters. The first-order valence-electron chi connectivity index (χ1n) is 11.3. The van der Waals surface area contributed by atoms with Gasteiger partial charge in [-0.2, -0.15) is 0 Å². The van der Waals surface area contributed by atoms with Crippen LogP contribution < -0.4 is 4.74 Å². The fourth-order valence-electron chi connectivity index (χ4n) is 5.60. The minimum absolute atomic E-state index is 0.164. The van der Waals surface area contributed by atoms with Gasteiger partial charge in [-0.05, 0) is 79.7 Å². The summed E-state index contributed by atoms with van der Waals surface area (Å²) in [4.78, 5) is 0. The Morgan fingerprint density at radius 2 is 1.83 bits per heavy atom. The van der Waals surface area contributed by atoms with Crippen LogP contribution in [0.15, 0.2) is 36.4 Å². The quantitative estimate of drug-likeness (QED) is 0.467. The van der Waals surface area contributed by atoms with Gasteiger partial charge >= 0.3 is 0 Å². The van der Waals surface area contributed by atoms with Crippen molar-refractivity contribution >= 4 is 10.8 Å². The van der Waals surface area contributed by atoms with E-state index < -0.39 is 11.6 Å². The zero-order valence-electron chi connectivity index (χ0n) is 17.6. The molecule has 0 heterocycles. The molecule has 2 aromatic rings. The second-order valence-electron chi connectivity index (χ2n) is 8.98. The van der Waals surface area contributed by atoms with Crippen molar-refractivity contribution in [1.29, 1.82) is 0 Å². The average molecular weight is 399 g/mol. The Balaban J connectivity index is 1.54. The molecule has 0 bridgehead atoms. The topological polar surface area (TPSA) is 9.23 Å². The molecular formula is C26H32F2O. The highest BCUT2D eigenvalue weighted by Crippen LogP contribution is 2.48. The Morgan fingerprint density at radius 1 is 1.03 bits per heavy atom. The molecule has 0 spiro atoms. The van der Waals surface area contributed by atoms with Gasteiger partial charge in [0.1, 0.15) is 6.61 Å². The predicted molar refractivity (Wildman–Crippen MR) is 115 cm³/mol. The van der Waals surface area contributed by atoms with E-state index in [4.69, 9.17) is 4.74 Å². The fraction of sp³-hybridized carbons (Fsp3) is 0.538. The van der Waals surface area contributed by atoms with E-state index in [2.05, 4.69) is 6.92 Å². The molecule has 2 fully saturated rings. The lowest BCUT2D eigenvalue weighted by molar-refractivity contribution is 0.116. The van der Waals surface area contributed by atoms with Crippen molar-refractivity contribution in [3.8, 4) is 5.75 Å². The second-order valence-corrected chi connectivity index (χ2v) is 8.98. The van der Waals surface area contributed by atoms with E-state index >= 15 is 0 Å². The van der Waals surface area contributed by atoms with Crippen molar-refractivity contribution in [3.05, 3.63) is 53.6 Å². The lowest BCUT2D eigenvalue weighted by atomic mass is 9.63. The highest BCUT2D eigenvalue weighted by molar-refractivity contribution is 5.85. The summed E-state index contributed by atoms with van der Waals surface area (Å²) >= 11 is 0. The molecule has 0 radical (unpaired) electrons. The summed E-state index contributed by atoms with van der Waals surface area (Å²) < 4.78 is 34.6. The van der Waals surface area contributed by atoms with Crippen LogP contribution in [0.1, 0.15) is 70.3 Å². The van der Waals surface area contributed by atoms with Gasteiger partial charge in [0.15, 0.2) is 17.4 Å². The summed E-state index contributed by atoms with van der Waals surface area (Å²) in [6.07, 6.45) is 12.7. The van der Waals surface area contributed by atoms with Crippen molar-refractivity contribution in [2.24, 2.45) is 17.8 Å². The van der Waals surface area contributed by atoms with Gasteiger partial charge in [0.05, 0.1) is 0 Å². The van der Waals surface area contributed by atoms with Crippen LogP contribution in [0.5, 0.6) is 5.75 Å². The summed E-state index contributed by atoms with van der Waals surface area (Å²) in [6.45, 7) is 4.33. The zero-order valence-corrected chi connectivity index (χ0v) is 17.6. The van der Waals surface area contributed by atoms with Gasteiger partial charge in [0, 0.05) is 5.39 Å². The van der Waals surface area contributed by atoms with Gasteiger partial charge < -0.3 is 4.74 Å². The first-order valence-corrected chi connectivity index (χ1v) is 11.3. The highest BCUT2D eigenvalue weighted by atomic mass is 19.1. The molecule has 2 aliphatic rings. The molecule has 2 saturated carbocycles. The van der Waals surface area contributed by atoms with Crippen LogP contribution in [0.4, 0.5) is 8.78 Å². The summed E-state index contributed by atoms with van der Waals surface area (Å²) in [5.41, 5.74) is 1.23. The smallest absolute Gasteiger partial charge is 0.191 e. The number of allylic oxidation sites excluding steroid dienone is 1. The van der Waals surface area contributed by atoms with Gasteiger partial charge in [0.25, 0.3) is 0 Å². The molecule has 2 aliphatic carbocycles. The fourth-order valence-corrected chi connectivity index (χ4v) is 5.60. The van der Waals surface area contributed by atoms with Gasteiger partial charge in [-0.25, -0.2) is 8.78 Å². The third-order valence-corrected chi connectivity index (χ3v) is 7.34. The van der Waals surface area contributed by atoms with E-state index in [1.807, 2.05) is 25.1 Å². The SMILES string of the molecule is C/C=C/COc1c(F)cc2cc(C3CCC4CC(CC)CCC4C3)ccc2c1F. The monoisotopic (exact) mass is 398 g/mol. The normalized spacial score (nSPS) is 27.3. The van der Waals surface area contributed by atoms with E-state index in [9.17, 15) is 8.78 Å². The molecule has 4 atom stereocenters. The lowest BCUT2D eigenvalue weighted by Gasteiger charge is -2.42. The van der Waals surface area contributed by atoms with E-state index in [1.165, 1.54) is 56.6 Å². The molecular weight excluding hydrogens is 366 g/mol. The third kappa shape index (κ3) is 4.20. The van der Waals surface area contributed by atoms with Crippen LogP contribution in [-0.4, -0.2) is 6.61 Å². The maximum absolute atomic E-state index is 14.8. The minimum Gasteiger partial charge on any atom is -0.483 e. The first kappa shape index (κ1) is 20.4. The van der Waals surface area contributed by atoms with E-state index in [1.54, 1.807) is 12.2 Å². The third-order valence-electron chi connectivity index (χ3n) is 7.34. The summed E-state index contributed by atoms with van der Waals surface area (Å²) in [7, 11) is 0. The number of hydrogen-bond donors (Lipinski definition) is 0.